The Balaban J connectivity index is 2.25. The standard InChI is InChI=1S/C16H25N3O/c1-12-10-13(11-17-2)7-8-14(12)19-9-5-4-6-15(19)16(20)18-3/h7-8,10,15,17H,4-6,9,11H2,1-3H3,(H,18,20). The van der Waals surface area contributed by atoms with Crippen LogP contribution in [0.25, 0.3) is 0 Å². The number of nitrogens with one attached hydrogen (secondary N) is 2. The van der Waals surface area contributed by atoms with Gasteiger partial charge in [-0.2, -0.15) is 0 Å². The van der Waals surface area contributed by atoms with Crippen LogP contribution in [-0.4, -0.2) is 32.6 Å². The lowest BCUT2D eigenvalue weighted by Gasteiger charge is -2.37. The van der Waals surface area contributed by atoms with Crippen molar-refractivity contribution in [1.82, 2.24) is 10.6 Å². The van der Waals surface area contributed by atoms with Crippen LogP contribution in [0.5, 0.6) is 0 Å². The number of likely N-dealkylation sites (N-methyl/N-ethyl adjacent to an activating group) is 1. The maximum atomic E-state index is 12.1. The smallest absolute Gasteiger partial charge is 0.242 e. The van der Waals surface area contributed by atoms with Gasteiger partial charge in [0.05, 0.1) is 0 Å². The molecule has 2 rings (SSSR count). The van der Waals surface area contributed by atoms with Gasteiger partial charge < -0.3 is 15.5 Å². The lowest BCUT2D eigenvalue weighted by atomic mass is 9.98. The van der Waals surface area contributed by atoms with Crippen LogP contribution in [-0.2, 0) is 11.3 Å². The van der Waals surface area contributed by atoms with Crippen molar-refractivity contribution < 1.29 is 4.79 Å². The average Bonchev–Trinajstić information content (AvgIpc) is 2.47. The number of piperidine rings is 1. The normalized spacial score (nSPS) is 18.9. The minimum absolute atomic E-state index is 0.0254. The molecular formula is C16H25N3O. The summed E-state index contributed by atoms with van der Waals surface area (Å²) >= 11 is 0. The van der Waals surface area contributed by atoms with E-state index in [0.29, 0.717) is 0 Å². The molecule has 0 radical (unpaired) electrons. The highest BCUT2D eigenvalue weighted by atomic mass is 16.2. The summed E-state index contributed by atoms with van der Waals surface area (Å²) in [5.74, 6) is 0.128. The molecule has 1 aliphatic rings. The van der Waals surface area contributed by atoms with E-state index < -0.39 is 0 Å². The third-order valence-electron chi connectivity index (χ3n) is 4.00. The molecule has 1 atom stereocenters. The minimum atomic E-state index is -0.0254. The Bertz CT molecular complexity index is 473. The Morgan fingerprint density at radius 2 is 2.15 bits per heavy atom. The van der Waals surface area contributed by atoms with Gasteiger partial charge in [-0.05, 0) is 50.4 Å². The zero-order valence-corrected chi connectivity index (χ0v) is 12.7. The Kier molecular flexibility index (Phi) is 5.01. The molecule has 1 aromatic carbocycles. The number of nitrogens with zero attached hydrogens (tertiary/aromatic N) is 1. The molecule has 0 aliphatic carbocycles. The molecule has 1 amide bonds. The summed E-state index contributed by atoms with van der Waals surface area (Å²) in [5, 5.41) is 5.96. The molecule has 20 heavy (non-hydrogen) atoms. The summed E-state index contributed by atoms with van der Waals surface area (Å²) in [6.07, 6.45) is 3.23. The van der Waals surface area contributed by atoms with Gasteiger partial charge >= 0.3 is 0 Å². The van der Waals surface area contributed by atoms with Crippen molar-refractivity contribution in [3.05, 3.63) is 29.3 Å². The number of carbonyl (C=O) groups is 1. The largest absolute Gasteiger partial charge is 0.359 e. The van der Waals surface area contributed by atoms with E-state index in [9.17, 15) is 4.79 Å². The molecule has 1 saturated heterocycles. The van der Waals surface area contributed by atoms with Gasteiger partial charge in [0.25, 0.3) is 0 Å². The molecule has 1 aliphatic heterocycles. The summed E-state index contributed by atoms with van der Waals surface area (Å²) in [6.45, 7) is 3.97. The zero-order chi connectivity index (χ0) is 14.5. The van der Waals surface area contributed by atoms with Crippen LogP contribution in [0.2, 0.25) is 0 Å². The predicted molar refractivity (Wildman–Crippen MR) is 83.0 cm³/mol. The fourth-order valence-electron chi connectivity index (χ4n) is 3.01. The van der Waals surface area contributed by atoms with Gasteiger partial charge in [0.1, 0.15) is 6.04 Å². The number of aryl methyl sites for hydroxylation is 1. The van der Waals surface area contributed by atoms with Crippen molar-refractivity contribution in [2.45, 2.75) is 38.8 Å². The third-order valence-corrected chi connectivity index (χ3v) is 4.00. The summed E-state index contributed by atoms with van der Waals surface area (Å²) in [5.41, 5.74) is 3.72. The molecule has 1 unspecified atom stereocenters. The molecule has 1 aromatic rings. The Labute approximate surface area is 121 Å². The van der Waals surface area contributed by atoms with Gasteiger partial charge in [0.2, 0.25) is 5.91 Å². The van der Waals surface area contributed by atoms with Crippen LogP contribution in [0.1, 0.15) is 30.4 Å². The molecule has 1 fully saturated rings. The van der Waals surface area contributed by atoms with E-state index in [1.54, 1.807) is 7.05 Å². The van der Waals surface area contributed by atoms with Crippen LogP contribution in [0.3, 0.4) is 0 Å². The van der Waals surface area contributed by atoms with Gasteiger partial charge in [-0.15, -0.1) is 0 Å². The van der Waals surface area contributed by atoms with Crippen molar-refractivity contribution in [2.75, 3.05) is 25.5 Å². The predicted octanol–water partition coefficient (Wildman–Crippen LogP) is 1.82. The zero-order valence-electron chi connectivity index (χ0n) is 12.7. The van der Waals surface area contributed by atoms with Crippen LogP contribution < -0.4 is 15.5 Å². The molecule has 110 valence electrons. The lowest BCUT2D eigenvalue weighted by Crippen LogP contribution is -2.49. The third kappa shape index (κ3) is 3.12. The first-order valence-corrected chi connectivity index (χ1v) is 7.39. The van der Waals surface area contributed by atoms with Crippen molar-refractivity contribution in [3.63, 3.8) is 0 Å². The summed E-state index contributed by atoms with van der Waals surface area (Å²) < 4.78 is 0. The van der Waals surface area contributed by atoms with E-state index in [1.807, 2.05) is 7.05 Å². The van der Waals surface area contributed by atoms with Gasteiger partial charge in [0.15, 0.2) is 0 Å². The molecular weight excluding hydrogens is 250 g/mol. The van der Waals surface area contributed by atoms with Crippen LogP contribution in [0.15, 0.2) is 18.2 Å². The molecule has 0 bridgehead atoms. The van der Waals surface area contributed by atoms with E-state index in [1.165, 1.54) is 16.8 Å². The molecule has 0 spiro atoms. The molecule has 4 heteroatoms. The Morgan fingerprint density at radius 1 is 1.35 bits per heavy atom. The van der Waals surface area contributed by atoms with Crippen molar-refractivity contribution in [2.24, 2.45) is 0 Å². The van der Waals surface area contributed by atoms with Gasteiger partial charge in [-0.1, -0.05) is 12.1 Å². The Hall–Kier alpha value is -1.55. The van der Waals surface area contributed by atoms with Crippen molar-refractivity contribution in [1.29, 1.82) is 0 Å². The maximum absolute atomic E-state index is 12.1. The second kappa shape index (κ2) is 6.75. The van der Waals surface area contributed by atoms with Crippen molar-refractivity contribution >= 4 is 11.6 Å². The summed E-state index contributed by atoms with van der Waals surface area (Å²) in [7, 11) is 3.67. The lowest BCUT2D eigenvalue weighted by molar-refractivity contribution is -0.122. The van der Waals surface area contributed by atoms with E-state index in [2.05, 4.69) is 40.7 Å². The van der Waals surface area contributed by atoms with Gasteiger partial charge in [-0.25, -0.2) is 0 Å². The fourth-order valence-corrected chi connectivity index (χ4v) is 3.01. The molecule has 0 aromatic heterocycles. The molecule has 4 nitrogen and oxygen atoms in total. The number of benzene rings is 1. The van der Waals surface area contributed by atoms with Gasteiger partial charge in [-0.3, -0.25) is 4.79 Å². The first kappa shape index (κ1) is 14.9. The first-order valence-electron chi connectivity index (χ1n) is 7.39. The van der Waals surface area contributed by atoms with Crippen LogP contribution in [0, 0.1) is 6.92 Å². The second-order valence-electron chi connectivity index (χ2n) is 5.47. The highest BCUT2D eigenvalue weighted by molar-refractivity contribution is 5.85. The van der Waals surface area contributed by atoms with Crippen LogP contribution in [0.4, 0.5) is 5.69 Å². The van der Waals surface area contributed by atoms with Crippen molar-refractivity contribution in [3.8, 4) is 0 Å². The fraction of sp³-hybridized carbons (Fsp3) is 0.562. The topological polar surface area (TPSA) is 44.4 Å². The van der Waals surface area contributed by atoms with Crippen LogP contribution >= 0.6 is 0 Å². The number of carbonyl (C=O) groups excluding carboxylic acids is 1. The molecule has 0 saturated carbocycles. The van der Waals surface area contributed by atoms with E-state index >= 15 is 0 Å². The number of amides is 1. The number of anilines is 1. The van der Waals surface area contributed by atoms with Gasteiger partial charge in [0, 0.05) is 25.8 Å². The highest BCUT2D eigenvalue weighted by Gasteiger charge is 2.28. The van der Waals surface area contributed by atoms with E-state index in [4.69, 9.17) is 0 Å². The molecule has 2 N–H and O–H groups in total. The number of hydrogen-bond donors (Lipinski definition) is 2. The quantitative estimate of drug-likeness (QED) is 0.881. The SMILES string of the molecule is CNCc1ccc(N2CCCCC2C(=O)NC)c(C)c1. The maximum Gasteiger partial charge on any atom is 0.242 e. The number of hydrogen-bond acceptors (Lipinski definition) is 3. The number of rotatable bonds is 4. The minimum Gasteiger partial charge on any atom is -0.359 e. The average molecular weight is 275 g/mol. The monoisotopic (exact) mass is 275 g/mol. The molecule has 1 heterocycles. The Morgan fingerprint density at radius 3 is 2.80 bits per heavy atom. The van der Waals surface area contributed by atoms with E-state index in [0.717, 1.165) is 32.4 Å². The highest BCUT2D eigenvalue weighted by Crippen LogP contribution is 2.28. The first-order chi connectivity index (χ1) is 9.67. The summed E-state index contributed by atoms with van der Waals surface area (Å²) in [4.78, 5) is 14.3. The van der Waals surface area contributed by atoms with E-state index in [-0.39, 0.29) is 11.9 Å². The summed E-state index contributed by atoms with van der Waals surface area (Å²) in [6, 6.07) is 6.49. The second-order valence-corrected chi connectivity index (χ2v) is 5.47.